The molecule has 2 fully saturated rings. The fourth-order valence-electron chi connectivity index (χ4n) is 4.68. The van der Waals surface area contributed by atoms with E-state index in [1.807, 2.05) is 18.2 Å². The smallest absolute Gasteiger partial charge is 0.173 e. The van der Waals surface area contributed by atoms with E-state index in [1.165, 1.54) is 0 Å². The Hall–Kier alpha value is -2.09. The van der Waals surface area contributed by atoms with Crippen molar-refractivity contribution in [1.29, 1.82) is 0 Å². The molecule has 7 nitrogen and oxygen atoms in total. The Kier molecular flexibility index (Phi) is 6.08. The van der Waals surface area contributed by atoms with E-state index < -0.39 is 0 Å². The van der Waals surface area contributed by atoms with Crippen molar-refractivity contribution in [2.45, 2.75) is 25.0 Å². The number of ether oxygens (including phenoxy) is 5. The molecular formula is C22H29NO6. The van der Waals surface area contributed by atoms with E-state index in [4.69, 9.17) is 23.7 Å². The highest BCUT2D eigenvalue weighted by Crippen LogP contribution is 2.42. The van der Waals surface area contributed by atoms with Gasteiger partial charge in [-0.15, -0.1) is 0 Å². The third-order valence-corrected chi connectivity index (χ3v) is 6.25. The summed E-state index contributed by atoms with van der Waals surface area (Å²) in [5.41, 5.74) is 1.38. The predicted molar refractivity (Wildman–Crippen MR) is 107 cm³/mol. The molecule has 0 amide bonds. The zero-order valence-corrected chi connectivity index (χ0v) is 17.3. The molecule has 0 radical (unpaired) electrons. The van der Waals surface area contributed by atoms with E-state index in [9.17, 15) is 4.79 Å². The maximum absolute atomic E-state index is 13.3. The molecule has 1 aromatic carbocycles. The minimum atomic E-state index is -0.143. The topological polar surface area (TPSA) is 66.5 Å². The number of carbonyl (C=O) groups excluding carboxylic acids is 1. The van der Waals surface area contributed by atoms with Crippen LogP contribution in [0.4, 0.5) is 0 Å². The fraction of sp³-hybridized carbons (Fsp3) is 0.591. The standard InChI is InChI=1S/C22H29NO6/c1-25-9-8-23-11-16-18(29-13-23)7-5-15-21(24)17(12-28-22(15)16)14-4-6-19(26-2)20(10-14)27-3/h4,6,10,12,15-16,18,22H,5,7-9,11,13H2,1-3H3. The highest BCUT2D eigenvalue weighted by atomic mass is 16.5. The number of benzene rings is 1. The maximum Gasteiger partial charge on any atom is 0.173 e. The molecule has 0 N–H and O–H groups in total. The zero-order chi connectivity index (χ0) is 20.4. The molecular weight excluding hydrogens is 374 g/mol. The Morgan fingerprint density at radius 3 is 2.72 bits per heavy atom. The summed E-state index contributed by atoms with van der Waals surface area (Å²) in [5, 5.41) is 0. The Bertz CT molecular complexity index is 779. The third-order valence-electron chi connectivity index (χ3n) is 6.25. The summed E-state index contributed by atoms with van der Waals surface area (Å²) in [6.07, 6.45) is 3.31. The molecule has 4 unspecified atom stereocenters. The van der Waals surface area contributed by atoms with Crippen molar-refractivity contribution in [1.82, 2.24) is 4.90 Å². The van der Waals surface area contributed by atoms with Gasteiger partial charge in [-0.3, -0.25) is 9.69 Å². The van der Waals surface area contributed by atoms with Gasteiger partial charge in [0.25, 0.3) is 0 Å². The van der Waals surface area contributed by atoms with Crippen LogP contribution in [0.5, 0.6) is 11.5 Å². The van der Waals surface area contributed by atoms with E-state index >= 15 is 0 Å². The van der Waals surface area contributed by atoms with Crippen molar-refractivity contribution < 1.29 is 28.5 Å². The largest absolute Gasteiger partial charge is 0.496 e. The van der Waals surface area contributed by atoms with Gasteiger partial charge in [-0.2, -0.15) is 0 Å². The number of ketones is 1. The first-order valence-electron chi connectivity index (χ1n) is 10.1. The highest BCUT2D eigenvalue weighted by Gasteiger charge is 2.49. The first kappa shape index (κ1) is 20.2. The van der Waals surface area contributed by atoms with E-state index in [-0.39, 0.29) is 29.8 Å². The number of hydrogen-bond acceptors (Lipinski definition) is 7. The van der Waals surface area contributed by atoms with Crippen molar-refractivity contribution >= 4 is 11.4 Å². The monoisotopic (exact) mass is 403 g/mol. The first-order chi connectivity index (χ1) is 14.2. The average Bonchev–Trinajstić information content (AvgIpc) is 2.77. The van der Waals surface area contributed by atoms with Crippen molar-refractivity contribution in [2.24, 2.45) is 11.8 Å². The van der Waals surface area contributed by atoms with Gasteiger partial charge in [-0.05, 0) is 30.5 Å². The van der Waals surface area contributed by atoms with Crippen LogP contribution in [-0.4, -0.2) is 70.6 Å². The molecule has 7 heteroatoms. The molecule has 1 saturated carbocycles. The van der Waals surface area contributed by atoms with Crippen LogP contribution in [0.1, 0.15) is 18.4 Å². The molecule has 4 atom stereocenters. The summed E-state index contributed by atoms with van der Waals surface area (Å²) in [6, 6.07) is 5.51. The van der Waals surface area contributed by atoms with Crippen LogP contribution in [0.2, 0.25) is 0 Å². The summed E-state index contributed by atoms with van der Waals surface area (Å²) in [5.74, 6) is 1.41. The van der Waals surface area contributed by atoms with Crippen molar-refractivity contribution in [3.8, 4) is 11.5 Å². The van der Waals surface area contributed by atoms with Crippen molar-refractivity contribution in [3.05, 3.63) is 30.0 Å². The quantitative estimate of drug-likeness (QED) is 0.722. The molecule has 1 saturated heterocycles. The Morgan fingerprint density at radius 2 is 1.97 bits per heavy atom. The van der Waals surface area contributed by atoms with Crippen LogP contribution in [0, 0.1) is 11.8 Å². The number of methoxy groups -OCH3 is 3. The van der Waals surface area contributed by atoms with Gasteiger partial charge in [0.1, 0.15) is 6.10 Å². The number of nitrogens with zero attached hydrogens (tertiary/aromatic N) is 1. The van der Waals surface area contributed by atoms with Crippen molar-refractivity contribution in [2.75, 3.05) is 47.8 Å². The second-order valence-corrected chi connectivity index (χ2v) is 7.82. The number of carbonyl (C=O) groups is 1. The zero-order valence-electron chi connectivity index (χ0n) is 17.3. The number of hydrogen-bond donors (Lipinski definition) is 0. The van der Waals surface area contributed by atoms with Crippen LogP contribution >= 0.6 is 0 Å². The molecule has 0 bridgehead atoms. The summed E-state index contributed by atoms with van der Waals surface area (Å²) in [6.45, 7) is 2.96. The normalized spacial score (nSPS) is 29.3. The molecule has 158 valence electrons. The molecule has 1 aliphatic carbocycles. The summed E-state index contributed by atoms with van der Waals surface area (Å²) in [7, 11) is 4.88. The molecule has 3 aliphatic rings. The number of rotatable bonds is 6. The molecule has 1 aromatic rings. The van der Waals surface area contributed by atoms with Gasteiger partial charge in [-0.25, -0.2) is 0 Å². The van der Waals surface area contributed by atoms with Crippen LogP contribution in [0.25, 0.3) is 5.57 Å². The van der Waals surface area contributed by atoms with E-state index in [0.29, 0.717) is 30.4 Å². The number of allylic oxidation sites excluding steroid dienone is 1. The minimum Gasteiger partial charge on any atom is -0.496 e. The number of fused-ring (bicyclic) bond motifs is 3. The average molecular weight is 403 g/mol. The second-order valence-electron chi connectivity index (χ2n) is 7.82. The van der Waals surface area contributed by atoms with Gasteiger partial charge < -0.3 is 23.7 Å². The minimum absolute atomic E-state index is 0.140. The van der Waals surface area contributed by atoms with Crippen LogP contribution in [0.15, 0.2) is 24.5 Å². The lowest BCUT2D eigenvalue weighted by Crippen LogP contribution is -2.56. The fourth-order valence-corrected chi connectivity index (χ4v) is 4.68. The molecule has 29 heavy (non-hydrogen) atoms. The predicted octanol–water partition coefficient (Wildman–Crippen LogP) is 2.34. The lowest BCUT2D eigenvalue weighted by Gasteiger charge is -2.48. The summed E-state index contributed by atoms with van der Waals surface area (Å²) in [4.78, 5) is 15.6. The van der Waals surface area contributed by atoms with Crippen LogP contribution in [-0.2, 0) is 19.0 Å². The molecule has 0 spiro atoms. The molecule has 4 rings (SSSR count). The molecule has 2 aliphatic heterocycles. The maximum atomic E-state index is 13.3. The lowest BCUT2D eigenvalue weighted by molar-refractivity contribution is -0.171. The second kappa shape index (κ2) is 8.73. The highest BCUT2D eigenvalue weighted by molar-refractivity contribution is 6.22. The first-order valence-corrected chi connectivity index (χ1v) is 10.1. The Balaban J connectivity index is 1.54. The summed E-state index contributed by atoms with van der Waals surface area (Å²) < 4.78 is 28.1. The van der Waals surface area contributed by atoms with E-state index in [0.717, 1.165) is 31.5 Å². The van der Waals surface area contributed by atoms with Gasteiger partial charge in [0.05, 0.1) is 51.4 Å². The van der Waals surface area contributed by atoms with E-state index in [1.54, 1.807) is 27.6 Å². The molecule has 2 heterocycles. The van der Waals surface area contributed by atoms with Gasteiger partial charge >= 0.3 is 0 Å². The SMILES string of the molecule is COCCN1COC2CCC3C(=O)C(c4ccc(OC)c(OC)c4)=COC3C2C1. The third kappa shape index (κ3) is 3.86. The van der Waals surface area contributed by atoms with Crippen molar-refractivity contribution in [3.63, 3.8) is 0 Å². The van der Waals surface area contributed by atoms with Gasteiger partial charge in [0.15, 0.2) is 17.3 Å². The lowest BCUT2D eigenvalue weighted by atomic mass is 9.71. The van der Waals surface area contributed by atoms with E-state index in [2.05, 4.69) is 4.90 Å². The van der Waals surface area contributed by atoms with Gasteiger partial charge in [-0.1, -0.05) is 6.07 Å². The summed E-state index contributed by atoms with van der Waals surface area (Å²) >= 11 is 0. The van der Waals surface area contributed by atoms with Crippen LogP contribution < -0.4 is 9.47 Å². The number of Topliss-reactive ketones (excluding diaryl/α,β-unsaturated/α-hetero) is 1. The van der Waals surface area contributed by atoms with Gasteiger partial charge in [0.2, 0.25) is 0 Å². The molecule has 0 aromatic heterocycles. The van der Waals surface area contributed by atoms with Crippen LogP contribution in [0.3, 0.4) is 0 Å². The Morgan fingerprint density at radius 1 is 1.14 bits per heavy atom. The Labute approximate surface area is 171 Å². The van der Waals surface area contributed by atoms with Gasteiger partial charge in [0, 0.05) is 26.1 Å².